The van der Waals surface area contributed by atoms with Crippen LogP contribution in [-0.2, 0) is 6.42 Å². The molecule has 110 valence electrons. The molecule has 0 radical (unpaired) electrons. The topological polar surface area (TPSA) is 12.0 Å². The van der Waals surface area contributed by atoms with E-state index >= 15 is 0 Å². The fraction of sp³-hybridized carbons (Fsp3) is 0.400. The SMILES string of the molecule is CC1(C)CC1CNC(Cc1ccccc1)c1ccccc1. The third-order valence-corrected chi connectivity index (χ3v) is 4.81. The molecule has 0 amide bonds. The summed E-state index contributed by atoms with van der Waals surface area (Å²) in [6.07, 6.45) is 2.41. The normalized spacial score (nSPS) is 21.0. The molecule has 3 rings (SSSR count). The molecule has 1 N–H and O–H groups in total. The first-order valence-corrected chi connectivity index (χ1v) is 7.97. The average molecular weight is 279 g/mol. The van der Waals surface area contributed by atoms with E-state index in [1.54, 1.807) is 0 Å². The smallest absolute Gasteiger partial charge is 0.0360 e. The van der Waals surface area contributed by atoms with Gasteiger partial charge >= 0.3 is 0 Å². The number of hydrogen-bond donors (Lipinski definition) is 1. The van der Waals surface area contributed by atoms with E-state index in [1.165, 1.54) is 17.5 Å². The standard InChI is InChI=1S/C20H25N/c1-20(2)14-18(20)15-21-19(17-11-7-4-8-12-17)13-16-9-5-3-6-10-16/h3-12,18-19,21H,13-15H2,1-2H3. The molecule has 1 fully saturated rings. The van der Waals surface area contributed by atoms with Crippen molar-refractivity contribution >= 4 is 0 Å². The molecule has 1 aliphatic rings. The van der Waals surface area contributed by atoms with Crippen molar-refractivity contribution in [3.8, 4) is 0 Å². The molecule has 0 saturated heterocycles. The molecule has 0 aliphatic heterocycles. The number of rotatable bonds is 6. The van der Waals surface area contributed by atoms with E-state index in [4.69, 9.17) is 0 Å². The maximum Gasteiger partial charge on any atom is 0.0360 e. The number of benzene rings is 2. The second-order valence-corrected chi connectivity index (χ2v) is 6.95. The highest BCUT2D eigenvalue weighted by Gasteiger charge is 2.45. The van der Waals surface area contributed by atoms with Gasteiger partial charge in [0.25, 0.3) is 0 Å². The van der Waals surface area contributed by atoms with Crippen LogP contribution in [0.1, 0.15) is 37.4 Å². The predicted octanol–water partition coefficient (Wildman–Crippen LogP) is 4.61. The molecule has 0 aromatic heterocycles. The molecule has 2 aromatic carbocycles. The molecule has 1 saturated carbocycles. The van der Waals surface area contributed by atoms with E-state index in [0.29, 0.717) is 11.5 Å². The van der Waals surface area contributed by atoms with Crippen LogP contribution in [0, 0.1) is 11.3 Å². The molecule has 1 nitrogen and oxygen atoms in total. The minimum Gasteiger partial charge on any atom is -0.309 e. The zero-order valence-corrected chi connectivity index (χ0v) is 13.0. The Morgan fingerprint density at radius 2 is 1.57 bits per heavy atom. The van der Waals surface area contributed by atoms with Gasteiger partial charge in [0.2, 0.25) is 0 Å². The van der Waals surface area contributed by atoms with Crippen molar-refractivity contribution in [1.82, 2.24) is 5.32 Å². The molecule has 1 heteroatoms. The Hall–Kier alpha value is -1.60. The maximum atomic E-state index is 3.80. The lowest BCUT2D eigenvalue weighted by atomic mass is 9.98. The lowest BCUT2D eigenvalue weighted by Crippen LogP contribution is -2.26. The molecule has 2 aromatic rings. The first-order valence-electron chi connectivity index (χ1n) is 7.97. The summed E-state index contributed by atoms with van der Waals surface area (Å²) in [5, 5.41) is 3.80. The van der Waals surface area contributed by atoms with Crippen LogP contribution in [0.3, 0.4) is 0 Å². The van der Waals surface area contributed by atoms with Crippen LogP contribution >= 0.6 is 0 Å². The van der Waals surface area contributed by atoms with Gasteiger partial charge in [-0.1, -0.05) is 74.5 Å². The minimum absolute atomic E-state index is 0.407. The summed E-state index contributed by atoms with van der Waals surface area (Å²) >= 11 is 0. The Kier molecular flexibility index (Phi) is 4.12. The fourth-order valence-electron chi connectivity index (χ4n) is 3.05. The molecule has 1 aliphatic carbocycles. The van der Waals surface area contributed by atoms with Crippen molar-refractivity contribution in [2.75, 3.05) is 6.54 Å². The Bertz CT molecular complexity index is 559. The van der Waals surface area contributed by atoms with Gasteiger partial charge in [-0.2, -0.15) is 0 Å². The molecule has 0 spiro atoms. The van der Waals surface area contributed by atoms with Crippen LogP contribution in [0.15, 0.2) is 60.7 Å². The van der Waals surface area contributed by atoms with Gasteiger partial charge in [-0.25, -0.2) is 0 Å². The quantitative estimate of drug-likeness (QED) is 0.814. The Morgan fingerprint density at radius 1 is 1.00 bits per heavy atom. The van der Waals surface area contributed by atoms with Gasteiger partial charge in [0, 0.05) is 6.04 Å². The van der Waals surface area contributed by atoms with E-state index < -0.39 is 0 Å². The zero-order chi connectivity index (χ0) is 14.7. The largest absolute Gasteiger partial charge is 0.309 e. The molecular weight excluding hydrogens is 254 g/mol. The Morgan fingerprint density at radius 3 is 2.14 bits per heavy atom. The molecule has 0 bridgehead atoms. The van der Waals surface area contributed by atoms with Crippen molar-refractivity contribution in [3.63, 3.8) is 0 Å². The molecule has 2 unspecified atom stereocenters. The van der Waals surface area contributed by atoms with Gasteiger partial charge in [0.15, 0.2) is 0 Å². The summed E-state index contributed by atoms with van der Waals surface area (Å²) in [6.45, 7) is 5.86. The van der Waals surface area contributed by atoms with E-state index in [2.05, 4.69) is 79.8 Å². The van der Waals surface area contributed by atoms with E-state index in [-0.39, 0.29) is 0 Å². The van der Waals surface area contributed by atoms with Crippen molar-refractivity contribution in [2.45, 2.75) is 32.7 Å². The van der Waals surface area contributed by atoms with E-state index in [0.717, 1.165) is 18.9 Å². The first-order chi connectivity index (χ1) is 10.1. The summed E-state index contributed by atoms with van der Waals surface area (Å²) in [4.78, 5) is 0. The highest BCUT2D eigenvalue weighted by Crippen LogP contribution is 2.51. The van der Waals surface area contributed by atoms with Crippen molar-refractivity contribution in [3.05, 3.63) is 71.8 Å². The molecule has 0 heterocycles. The van der Waals surface area contributed by atoms with Crippen LogP contribution in [0.5, 0.6) is 0 Å². The van der Waals surface area contributed by atoms with E-state index in [9.17, 15) is 0 Å². The maximum absolute atomic E-state index is 3.80. The summed E-state index contributed by atoms with van der Waals surface area (Å²) in [5.74, 6) is 0.833. The Balaban J connectivity index is 1.69. The van der Waals surface area contributed by atoms with Gasteiger partial charge in [0.1, 0.15) is 0 Å². The summed E-state index contributed by atoms with van der Waals surface area (Å²) in [7, 11) is 0. The number of hydrogen-bond acceptors (Lipinski definition) is 1. The third kappa shape index (κ3) is 3.74. The van der Waals surface area contributed by atoms with Gasteiger partial charge in [-0.15, -0.1) is 0 Å². The average Bonchev–Trinajstić information content (AvgIpc) is 3.13. The second kappa shape index (κ2) is 6.03. The summed E-state index contributed by atoms with van der Waals surface area (Å²) in [6, 6.07) is 22.0. The third-order valence-electron chi connectivity index (χ3n) is 4.81. The van der Waals surface area contributed by atoms with Crippen molar-refractivity contribution < 1.29 is 0 Å². The van der Waals surface area contributed by atoms with Crippen molar-refractivity contribution in [2.24, 2.45) is 11.3 Å². The highest BCUT2D eigenvalue weighted by molar-refractivity contribution is 5.23. The lowest BCUT2D eigenvalue weighted by Gasteiger charge is -2.20. The van der Waals surface area contributed by atoms with Gasteiger partial charge in [-0.05, 0) is 41.8 Å². The summed E-state index contributed by atoms with van der Waals surface area (Å²) in [5.41, 5.74) is 3.33. The van der Waals surface area contributed by atoms with Gasteiger partial charge in [0.05, 0.1) is 0 Å². The lowest BCUT2D eigenvalue weighted by molar-refractivity contribution is 0.466. The first kappa shape index (κ1) is 14.3. The van der Waals surface area contributed by atoms with Crippen LogP contribution in [0.2, 0.25) is 0 Å². The predicted molar refractivity (Wildman–Crippen MR) is 89.2 cm³/mol. The van der Waals surface area contributed by atoms with Crippen molar-refractivity contribution in [1.29, 1.82) is 0 Å². The van der Waals surface area contributed by atoms with Crippen LogP contribution in [-0.4, -0.2) is 6.54 Å². The molecule has 21 heavy (non-hydrogen) atoms. The second-order valence-electron chi connectivity index (χ2n) is 6.95. The Labute approximate surface area is 128 Å². The monoisotopic (exact) mass is 279 g/mol. The van der Waals surface area contributed by atoms with E-state index in [1.807, 2.05) is 0 Å². The molecular formula is C20H25N. The summed E-state index contributed by atoms with van der Waals surface area (Å²) < 4.78 is 0. The fourth-order valence-corrected chi connectivity index (χ4v) is 3.05. The van der Waals surface area contributed by atoms with Gasteiger partial charge < -0.3 is 5.32 Å². The highest BCUT2D eigenvalue weighted by atomic mass is 14.9. The van der Waals surface area contributed by atoms with Crippen LogP contribution < -0.4 is 5.32 Å². The minimum atomic E-state index is 0.407. The molecule has 2 atom stereocenters. The van der Waals surface area contributed by atoms with Gasteiger partial charge in [-0.3, -0.25) is 0 Å². The van der Waals surface area contributed by atoms with Crippen LogP contribution in [0.25, 0.3) is 0 Å². The number of nitrogens with one attached hydrogen (secondary N) is 1. The van der Waals surface area contributed by atoms with Crippen LogP contribution in [0.4, 0.5) is 0 Å². The zero-order valence-electron chi connectivity index (χ0n) is 13.0.